The summed E-state index contributed by atoms with van der Waals surface area (Å²) in [4.78, 5) is 0. The van der Waals surface area contributed by atoms with Crippen molar-refractivity contribution in [2.24, 2.45) is 11.7 Å². The monoisotopic (exact) mass is 272 g/mol. The molecule has 104 valence electrons. The van der Waals surface area contributed by atoms with Crippen LogP contribution < -0.4 is 5.73 Å². The van der Waals surface area contributed by atoms with Crippen LogP contribution in [0.3, 0.4) is 0 Å². The predicted octanol–water partition coefficient (Wildman–Crippen LogP) is 2.45. The van der Waals surface area contributed by atoms with Gasteiger partial charge >= 0.3 is 6.18 Å². The Hall–Kier alpha value is -1.63. The highest BCUT2D eigenvalue weighted by Crippen LogP contribution is 2.30. The molecule has 0 amide bonds. The first-order chi connectivity index (χ1) is 8.84. The van der Waals surface area contributed by atoms with Crippen molar-refractivity contribution < 1.29 is 13.2 Å². The van der Waals surface area contributed by atoms with Gasteiger partial charge in [0.1, 0.15) is 5.82 Å². The van der Waals surface area contributed by atoms with Crippen LogP contribution in [0.1, 0.15) is 31.2 Å². The number of hydrogen-bond acceptors (Lipinski definition) is 3. The third-order valence-electron chi connectivity index (χ3n) is 3.15. The first-order valence-electron chi connectivity index (χ1n) is 5.96. The molecule has 0 fully saturated rings. The van der Waals surface area contributed by atoms with Crippen LogP contribution in [-0.2, 0) is 6.18 Å². The zero-order valence-corrected chi connectivity index (χ0v) is 10.6. The van der Waals surface area contributed by atoms with Gasteiger partial charge in [0, 0.05) is 18.7 Å². The summed E-state index contributed by atoms with van der Waals surface area (Å²) in [6, 6.07) is 2.31. The first kappa shape index (κ1) is 13.8. The van der Waals surface area contributed by atoms with E-state index in [4.69, 9.17) is 5.73 Å². The molecule has 0 saturated heterocycles. The second-order valence-corrected chi connectivity index (χ2v) is 4.79. The Morgan fingerprint density at radius 1 is 1.26 bits per heavy atom. The van der Waals surface area contributed by atoms with E-state index in [-0.39, 0.29) is 11.8 Å². The van der Waals surface area contributed by atoms with Crippen LogP contribution in [0.15, 0.2) is 18.3 Å². The molecule has 2 N–H and O–H groups in total. The number of hydrogen-bond donors (Lipinski definition) is 1. The number of halogens is 3. The molecule has 7 heteroatoms. The normalized spacial score (nSPS) is 14.3. The number of fused-ring (bicyclic) bond motifs is 1. The molecule has 0 spiro atoms. The summed E-state index contributed by atoms with van der Waals surface area (Å²) in [6.45, 7) is 4.22. The molecular formula is C12H15F3N4. The largest absolute Gasteiger partial charge is 0.417 e. The van der Waals surface area contributed by atoms with E-state index in [0.29, 0.717) is 18.0 Å². The van der Waals surface area contributed by atoms with Crippen molar-refractivity contribution in [3.05, 3.63) is 29.7 Å². The molecule has 0 radical (unpaired) electrons. The Morgan fingerprint density at radius 3 is 2.47 bits per heavy atom. The smallest absolute Gasteiger partial charge is 0.330 e. The fourth-order valence-corrected chi connectivity index (χ4v) is 2.00. The zero-order valence-electron chi connectivity index (χ0n) is 10.6. The number of rotatable bonds is 3. The summed E-state index contributed by atoms with van der Waals surface area (Å²) in [5.74, 6) is 0.518. The highest BCUT2D eigenvalue weighted by atomic mass is 19.4. The third-order valence-corrected chi connectivity index (χ3v) is 3.15. The fraction of sp³-hybridized carbons (Fsp3) is 0.500. The van der Waals surface area contributed by atoms with Crippen molar-refractivity contribution in [3.8, 4) is 0 Å². The third kappa shape index (κ3) is 2.56. The van der Waals surface area contributed by atoms with Gasteiger partial charge in [-0.3, -0.25) is 4.40 Å². The van der Waals surface area contributed by atoms with E-state index in [0.717, 1.165) is 12.3 Å². The molecule has 19 heavy (non-hydrogen) atoms. The summed E-state index contributed by atoms with van der Waals surface area (Å²) in [6.07, 6.45) is -3.36. The number of pyridine rings is 1. The summed E-state index contributed by atoms with van der Waals surface area (Å²) < 4.78 is 39.5. The number of nitrogens with zero attached hydrogens (tertiary/aromatic N) is 3. The van der Waals surface area contributed by atoms with E-state index >= 15 is 0 Å². The van der Waals surface area contributed by atoms with Crippen LogP contribution in [0.4, 0.5) is 13.2 Å². The van der Waals surface area contributed by atoms with E-state index in [1.807, 2.05) is 13.8 Å². The van der Waals surface area contributed by atoms with Crippen LogP contribution in [0.2, 0.25) is 0 Å². The predicted molar refractivity (Wildman–Crippen MR) is 64.6 cm³/mol. The molecule has 0 aromatic carbocycles. The van der Waals surface area contributed by atoms with E-state index in [9.17, 15) is 13.2 Å². The van der Waals surface area contributed by atoms with Gasteiger partial charge in [-0.2, -0.15) is 13.2 Å². The Kier molecular flexibility index (Phi) is 3.49. The minimum Gasteiger partial charge on any atom is -0.330 e. The minimum atomic E-state index is -4.38. The van der Waals surface area contributed by atoms with Gasteiger partial charge in [0.15, 0.2) is 5.65 Å². The van der Waals surface area contributed by atoms with Crippen LogP contribution in [-0.4, -0.2) is 21.1 Å². The molecule has 2 aromatic heterocycles. The zero-order chi connectivity index (χ0) is 14.2. The Balaban J connectivity index is 2.57. The van der Waals surface area contributed by atoms with Crippen molar-refractivity contribution in [1.29, 1.82) is 0 Å². The topological polar surface area (TPSA) is 56.2 Å². The van der Waals surface area contributed by atoms with E-state index < -0.39 is 11.7 Å². The second-order valence-electron chi connectivity index (χ2n) is 4.79. The molecule has 1 unspecified atom stereocenters. The van der Waals surface area contributed by atoms with E-state index in [1.54, 1.807) is 0 Å². The Bertz CT molecular complexity index is 574. The maximum Gasteiger partial charge on any atom is 0.417 e. The average Bonchev–Trinajstić information content (AvgIpc) is 2.72. The average molecular weight is 272 g/mol. The standard InChI is InChI=1S/C12H15F3N4/c1-7(2)9(5-16)11-18-17-10-4-3-8(6-19(10)11)12(13,14)15/h3-4,6-7,9H,5,16H2,1-2H3. The lowest BCUT2D eigenvalue weighted by Gasteiger charge is -2.17. The van der Waals surface area contributed by atoms with Crippen LogP contribution in [0, 0.1) is 5.92 Å². The van der Waals surface area contributed by atoms with Gasteiger partial charge in [-0.05, 0) is 18.1 Å². The van der Waals surface area contributed by atoms with E-state index in [1.165, 1.54) is 10.5 Å². The van der Waals surface area contributed by atoms with Crippen molar-refractivity contribution in [2.45, 2.75) is 25.9 Å². The SMILES string of the molecule is CC(C)C(CN)c1nnc2ccc(C(F)(F)F)cn12. The van der Waals surface area contributed by atoms with Crippen molar-refractivity contribution in [3.63, 3.8) is 0 Å². The van der Waals surface area contributed by atoms with Gasteiger partial charge in [-0.15, -0.1) is 10.2 Å². The highest BCUT2D eigenvalue weighted by molar-refractivity contribution is 5.40. The molecule has 2 heterocycles. The van der Waals surface area contributed by atoms with Crippen molar-refractivity contribution in [2.75, 3.05) is 6.54 Å². The molecular weight excluding hydrogens is 257 g/mol. The lowest BCUT2D eigenvalue weighted by atomic mass is 9.95. The van der Waals surface area contributed by atoms with Crippen molar-refractivity contribution in [1.82, 2.24) is 14.6 Å². The van der Waals surface area contributed by atoms with Crippen LogP contribution in [0.25, 0.3) is 5.65 Å². The Labute approximate surface area is 108 Å². The molecule has 4 nitrogen and oxygen atoms in total. The van der Waals surface area contributed by atoms with Gasteiger partial charge in [0.2, 0.25) is 0 Å². The maximum atomic E-state index is 12.7. The van der Waals surface area contributed by atoms with Crippen LogP contribution in [0.5, 0.6) is 0 Å². The maximum absolute atomic E-state index is 12.7. The molecule has 0 bridgehead atoms. The van der Waals surface area contributed by atoms with Gasteiger partial charge in [-0.1, -0.05) is 13.8 Å². The van der Waals surface area contributed by atoms with E-state index in [2.05, 4.69) is 10.2 Å². The minimum absolute atomic E-state index is 0.126. The highest BCUT2D eigenvalue weighted by Gasteiger charge is 2.31. The molecule has 0 aliphatic carbocycles. The van der Waals surface area contributed by atoms with Crippen LogP contribution >= 0.6 is 0 Å². The fourth-order valence-electron chi connectivity index (χ4n) is 2.00. The molecule has 2 rings (SSSR count). The lowest BCUT2D eigenvalue weighted by Crippen LogP contribution is -2.20. The molecule has 0 aliphatic rings. The number of nitrogens with two attached hydrogens (primary N) is 1. The second kappa shape index (κ2) is 4.80. The Morgan fingerprint density at radius 2 is 1.95 bits per heavy atom. The molecule has 0 aliphatic heterocycles. The van der Waals surface area contributed by atoms with Gasteiger partial charge in [0.05, 0.1) is 5.56 Å². The molecule has 0 saturated carbocycles. The molecule has 1 atom stereocenters. The number of aromatic nitrogens is 3. The summed E-state index contributed by atoms with van der Waals surface area (Å²) in [5.41, 5.74) is 5.35. The molecule has 2 aromatic rings. The van der Waals surface area contributed by atoms with Crippen molar-refractivity contribution >= 4 is 5.65 Å². The summed E-state index contributed by atoms with van der Waals surface area (Å²) in [7, 11) is 0. The number of alkyl halides is 3. The quantitative estimate of drug-likeness (QED) is 0.933. The van der Waals surface area contributed by atoms with Gasteiger partial charge < -0.3 is 5.73 Å². The van der Waals surface area contributed by atoms with Gasteiger partial charge in [-0.25, -0.2) is 0 Å². The lowest BCUT2D eigenvalue weighted by molar-refractivity contribution is -0.137. The van der Waals surface area contributed by atoms with Gasteiger partial charge in [0.25, 0.3) is 0 Å². The summed E-state index contributed by atoms with van der Waals surface area (Å²) >= 11 is 0. The first-order valence-corrected chi connectivity index (χ1v) is 5.96. The summed E-state index contributed by atoms with van der Waals surface area (Å²) in [5, 5.41) is 7.86.